The molecule has 1 fully saturated rings. The molecular weight excluding hydrogens is 284 g/mol. The highest BCUT2D eigenvalue weighted by molar-refractivity contribution is 9.10. The molecule has 0 radical (unpaired) electrons. The van der Waals surface area contributed by atoms with Crippen LogP contribution >= 0.6 is 15.9 Å². The first-order chi connectivity index (χ1) is 8.13. The second-order valence-electron chi connectivity index (χ2n) is 4.83. The van der Waals surface area contributed by atoms with E-state index in [4.69, 9.17) is 14.6 Å². The Labute approximate surface area is 110 Å². The molecule has 0 saturated carbocycles. The summed E-state index contributed by atoms with van der Waals surface area (Å²) in [5, 5.41) is 8.87. The van der Waals surface area contributed by atoms with Gasteiger partial charge in [-0.2, -0.15) is 0 Å². The van der Waals surface area contributed by atoms with Gasteiger partial charge in [-0.25, -0.2) is 0 Å². The Morgan fingerprint density at radius 3 is 2.76 bits per heavy atom. The number of benzene rings is 1. The van der Waals surface area contributed by atoms with E-state index in [1.807, 2.05) is 18.2 Å². The van der Waals surface area contributed by atoms with Gasteiger partial charge in [0.2, 0.25) is 0 Å². The molecule has 17 heavy (non-hydrogen) atoms. The fourth-order valence-electron chi connectivity index (χ4n) is 1.73. The third-order valence-corrected chi connectivity index (χ3v) is 3.49. The predicted molar refractivity (Wildman–Crippen MR) is 69.4 cm³/mol. The Morgan fingerprint density at radius 1 is 1.47 bits per heavy atom. The van der Waals surface area contributed by atoms with Crippen molar-refractivity contribution in [2.75, 3.05) is 26.4 Å². The Balaban J connectivity index is 1.96. The van der Waals surface area contributed by atoms with Gasteiger partial charge in [0.25, 0.3) is 0 Å². The molecule has 2 rings (SSSR count). The van der Waals surface area contributed by atoms with Crippen LogP contribution in [0.4, 0.5) is 0 Å². The van der Waals surface area contributed by atoms with Crippen molar-refractivity contribution in [1.29, 1.82) is 0 Å². The topological polar surface area (TPSA) is 38.7 Å². The van der Waals surface area contributed by atoms with Crippen LogP contribution in [0, 0.1) is 5.41 Å². The van der Waals surface area contributed by atoms with Crippen LogP contribution in [0.2, 0.25) is 0 Å². The third kappa shape index (κ3) is 3.21. The minimum absolute atomic E-state index is 0.156. The lowest BCUT2D eigenvalue weighted by atomic mass is 9.90. The molecule has 1 aliphatic heterocycles. The molecule has 1 aromatic rings. The zero-order chi connectivity index (χ0) is 12.3. The van der Waals surface area contributed by atoms with Crippen LogP contribution in [0.15, 0.2) is 22.7 Å². The maximum Gasteiger partial charge on any atom is 0.133 e. The lowest BCUT2D eigenvalue weighted by molar-refractivity contribution is -0.120. The van der Waals surface area contributed by atoms with Gasteiger partial charge in [0.1, 0.15) is 5.75 Å². The van der Waals surface area contributed by atoms with Gasteiger partial charge in [-0.05, 0) is 40.0 Å². The number of aliphatic hydroxyl groups excluding tert-OH is 1. The third-order valence-electron chi connectivity index (χ3n) is 2.87. The average Bonchev–Trinajstić information content (AvgIpc) is 2.26. The molecule has 1 aromatic carbocycles. The van der Waals surface area contributed by atoms with E-state index in [0.717, 1.165) is 29.0 Å². The first-order valence-electron chi connectivity index (χ1n) is 5.73. The molecule has 1 N–H and O–H groups in total. The fourth-order valence-corrected chi connectivity index (χ4v) is 2.27. The molecule has 0 atom stereocenters. The molecule has 1 saturated heterocycles. The summed E-state index contributed by atoms with van der Waals surface area (Å²) in [6.07, 6.45) is 0.671. The maximum absolute atomic E-state index is 8.87. The van der Waals surface area contributed by atoms with Crippen LogP contribution in [-0.4, -0.2) is 31.5 Å². The molecule has 1 aliphatic rings. The standard InChI is InChI=1S/C13H17BrO3/c1-13(7-16-8-13)9-17-12-3-2-10(4-5-15)6-11(12)14/h2-3,6,15H,4-5,7-9H2,1H3. The summed E-state index contributed by atoms with van der Waals surface area (Å²) in [6.45, 7) is 4.54. The van der Waals surface area contributed by atoms with Gasteiger partial charge in [-0.15, -0.1) is 0 Å². The summed E-state index contributed by atoms with van der Waals surface area (Å²) in [6, 6.07) is 5.92. The summed E-state index contributed by atoms with van der Waals surface area (Å²) < 4.78 is 11.9. The second kappa shape index (κ2) is 5.38. The van der Waals surface area contributed by atoms with Crippen LogP contribution in [0.5, 0.6) is 5.75 Å². The number of halogens is 1. The zero-order valence-corrected chi connectivity index (χ0v) is 11.5. The van der Waals surface area contributed by atoms with Crippen LogP contribution in [0.3, 0.4) is 0 Å². The van der Waals surface area contributed by atoms with E-state index in [-0.39, 0.29) is 12.0 Å². The number of hydrogen-bond acceptors (Lipinski definition) is 3. The van der Waals surface area contributed by atoms with E-state index >= 15 is 0 Å². The van der Waals surface area contributed by atoms with Gasteiger partial charge in [0, 0.05) is 12.0 Å². The number of hydrogen-bond donors (Lipinski definition) is 1. The monoisotopic (exact) mass is 300 g/mol. The van der Waals surface area contributed by atoms with Crippen molar-refractivity contribution < 1.29 is 14.6 Å². The normalized spacial score (nSPS) is 17.6. The Bertz CT molecular complexity index is 388. The van der Waals surface area contributed by atoms with Crippen molar-refractivity contribution in [2.24, 2.45) is 5.41 Å². The molecule has 0 aliphatic carbocycles. The van der Waals surface area contributed by atoms with E-state index in [2.05, 4.69) is 22.9 Å². The predicted octanol–water partition coefficient (Wildman–Crippen LogP) is 2.40. The lowest BCUT2D eigenvalue weighted by Gasteiger charge is -2.37. The highest BCUT2D eigenvalue weighted by atomic mass is 79.9. The van der Waals surface area contributed by atoms with Gasteiger partial charge >= 0.3 is 0 Å². The molecule has 3 nitrogen and oxygen atoms in total. The first kappa shape index (κ1) is 12.9. The first-order valence-corrected chi connectivity index (χ1v) is 6.52. The minimum atomic E-state index is 0.156. The fraction of sp³-hybridized carbons (Fsp3) is 0.538. The lowest BCUT2D eigenvalue weighted by Crippen LogP contribution is -2.44. The summed E-state index contributed by atoms with van der Waals surface area (Å²) in [5.74, 6) is 0.847. The summed E-state index contributed by atoms with van der Waals surface area (Å²) in [7, 11) is 0. The van der Waals surface area contributed by atoms with Gasteiger partial charge in [0.15, 0.2) is 0 Å². The summed E-state index contributed by atoms with van der Waals surface area (Å²) in [5.41, 5.74) is 1.26. The van der Waals surface area contributed by atoms with Gasteiger partial charge in [-0.3, -0.25) is 0 Å². The molecule has 0 aromatic heterocycles. The molecule has 0 spiro atoms. The number of aliphatic hydroxyl groups is 1. The van der Waals surface area contributed by atoms with Gasteiger partial charge in [-0.1, -0.05) is 13.0 Å². The average molecular weight is 301 g/mol. The smallest absolute Gasteiger partial charge is 0.133 e. The number of ether oxygens (including phenoxy) is 2. The Morgan fingerprint density at radius 2 is 2.24 bits per heavy atom. The van der Waals surface area contributed by atoms with Crippen molar-refractivity contribution in [2.45, 2.75) is 13.3 Å². The van der Waals surface area contributed by atoms with Crippen molar-refractivity contribution in [3.63, 3.8) is 0 Å². The van der Waals surface area contributed by atoms with Crippen LogP contribution in [0.1, 0.15) is 12.5 Å². The minimum Gasteiger partial charge on any atom is -0.492 e. The molecular formula is C13H17BrO3. The SMILES string of the molecule is CC1(COc2ccc(CCO)cc2Br)COC1. The second-order valence-corrected chi connectivity index (χ2v) is 5.68. The molecule has 1 heterocycles. The Kier molecular flexibility index (Phi) is 4.07. The van der Waals surface area contributed by atoms with Crippen molar-refractivity contribution in [1.82, 2.24) is 0 Å². The zero-order valence-electron chi connectivity index (χ0n) is 9.91. The van der Waals surface area contributed by atoms with E-state index in [0.29, 0.717) is 13.0 Å². The number of rotatable bonds is 5. The van der Waals surface area contributed by atoms with E-state index in [1.165, 1.54) is 0 Å². The molecule has 0 unspecified atom stereocenters. The van der Waals surface area contributed by atoms with Crippen molar-refractivity contribution in [3.8, 4) is 5.75 Å². The van der Waals surface area contributed by atoms with Crippen LogP contribution in [-0.2, 0) is 11.2 Å². The van der Waals surface area contributed by atoms with Gasteiger partial charge in [0.05, 0.1) is 24.3 Å². The Hall–Kier alpha value is -0.580. The summed E-state index contributed by atoms with van der Waals surface area (Å²) >= 11 is 3.49. The van der Waals surface area contributed by atoms with Crippen LogP contribution in [0.25, 0.3) is 0 Å². The van der Waals surface area contributed by atoms with Crippen molar-refractivity contribution >= 4 is 15.9 Å². The largest absolute Gasteiger partial charge is 0.492 e. The van der Waals surface area contributed by atoms with Crippen LogP contribution < -0.4 is 4.74 Å². The quantitative estimate of drug-likeness (QED) is 0.907. The maximum atomic E-state index is 8.87. The molecule has 4 heteroatoms. The van der Waals surface area contributed by atoms with E-state index < -0.39 is 0 Å². The molecule has 0 amide bonds. The summed E-state index contributed by atoms with van der Waals surface area (Å²) in [4.78, 5) is 0. The van der Waals surface area contributed by atoms with Crippen molar-refractivity contribution in [3.05, 3.63) is 28.2 Å². The molecule has 94 valence electrons. The van der Waals surface area contributed by atoms with E-state index in [9.17, 15) is 0 Å². The van der Waals surface area contributed by atoms with E-state index in [1.54, 1.807) is 0 Å². The highest BCUT2D eigenvalue weighted by Gasteiger charge is 2.34. The highest BCUT2D eigenvalue weighted by Crippen LogP contribution is 2.31. The molecule has 0 bridgehead atoms. The van der Waals surface area contributed by atoms with Gasteiger partial charge < -0.3 is 14.6 Å².